The molecule has 2 N–H and O–H groups in total. The number of nitrogens with zero attached hydrogens (tertiary/aromatic N) is 1. The zero-order chi connectivity index (χ0) is 13.9. The summed E-state index contributed by atoms with van der Waals surface area (Å²) in [5, 5.41) is 6.33. The lowest BCUT2D eigenvalue weighted by molar-refractivity contribution is -0.134. The van der Waals surface area contributed by atoms with Crippen LogP contribution in [0.1, 0.15) is 52.4 Å². The lowest BCUT2D eigenvalue weighted by atomic mass is 9.94. The highest BCUT2D eigenvalue weighted by Gasteiger charge is 2.40. The summed E-state index contributed by atoms with van der Waals surface area (Å²) >= 11 is 0. The van der Waals surface area contributed by atoms with Crippen LogP contribution < -0.4 is 10.6 Å². The van der Waals surface area contributed by atoms with Crippen LogP contribution in [0.2, 0.25) is 0 Å². The van der Waals surface area contributed by atoms with Crippen molar-refractivity contribution in [1.82, 2.24) is 15.5 Å². The van der Waals surface area contributed by atoms with Crippen LogP contribution in [0.15, 0.2) is 0 Å². The first-order valence-corrected chi connectivity index (χ1v) is 7.76. The molecule has 1 saturated heterocycles. The average Bonchev–Trinajstić information content (AvgIpc) is 2.60. The number of nitrogens with one attached hydrogen (secondary N) is 2. The van der Waals surface area contributed by atoms with Gasteiger partial charge >= 0.3 is 0 Å². The number of amides is 1. The Labute approximate surface area is 117 Å². The molecule has 2 fully saturated rings. The Kier molecular flexibility index (Phi) is 4.85. The SMILES string of the molecule is CNCC1C(=O)NC(C)(C)CN1C1CCCCCC1. The van der Waals surface area contributed by atoms with Crippen LogP contribution in [0.25, 0.3) is 0 Å². The first-order valence-electron chi connectivity index (χ1n) is 7.76. The fraction of sp³-hybridized carbons (Fsp3) is 0.933. The van der Waals surface area contributed by atoms with Gasteiger partial charge in [-0.05, 0) is 33.7 Å². The molecule has 0 spiro atoms. The lowest BCUT2D eigenvalue weighted by Crippen LogP contribution is -2.68. The number of carbonyl (C=O) groups is 1. The molecule has 0 aromatic carbocycles. The minimum atomic E-state index is -0.104. The van der Waals surface area contributed by atoms with Crippen molar-refractivity contribution in [3.05, 3.63) is 0 Å². The molecule has 1 atom stereocenters. The zero-order valence-electron chi connectivity index (χ0n) is 12.7. The number of rotatable bonds is 3. The van der Waals surface area contributed by atoms with E-state index in [4.69, 9.17) is 0 Å². The van der Waals surface area contributed by atoms with Crippen LogP contribution in [0, 0.1) is 0 Å². The Bertz CT molecular complexity index is 309. The minimum Gasteiger partial charge on any atom is -0.349 e. The van der Waals surface area contributed by atoms with E-state index in [2.05, 4.69) is 29.4 Å². The largest absolute Gasteiger partial charge is 0.349 e. The maximum atomic E-state index is 12.3. The second-order valence-electron chi connectivity index (χ2n) is 6.76. The Balaban J connectivity index is 2.13. The van der Waals surface area contributed by atoms with E-state index in [9.17, 15) is 4.79 Å². The first kappa shape index (κ1) is 14.8. The fourth-order valence-electron chi connectivity index (χ4n) is 3.55. The molecule has 1 heterocycles. The van der Waals surface area contributed by atoms with E-state index >= 15 is 0 Å². The minimum absolute atomic E-state index is 0.00104. The lowest BCUT2D eigenvalue weighted by Gasteiger charge is -2.47. The van der Waals surface area contributed by atoms with E-state index in [0.717, 1.165) is 13.1 Å². The van der Waals surface area contributed by atoms with Crippen molar-refractivity contribution in [2.24, 2.45) is 0 Å². The van der Waals surface area contributed by atoms with Gasteiger partial charge in [-0.3, -0.25) is 9.69 Å². The molecule has 0 bridgehead atoms. The molecule has 1 amide bonds. The molecule has 1 unspecified atom stereocenters. The van der Waals surface area contributed by atoms with Crippen LogP contribution in [-0.2, 0) is 4.79 Å². The first-order chi connectivity index (χ1) is 9.03. The number of piperazine rings is 1. The summed E-state index contributed by atoms with van der Waals surface area (Å²) in [7, 11) is 1.93. The van der Waals surface area contributed by atoms with Crippen molar-refractivity contribution in [3.63, 3.8) is 0 Å². The van der Waals surface area contributed by atoms with E-state index in [-0.39, 0.29) is 17.5 Å². The van der Waals surface area contributed by atoms with Gasteiger partial charge in [0.15, 0.2) is 0 Å². The summed E-state index contributed by atoms with van der Waals surface area (Å²) < 4.78 is 0. The van der Waals surface area contributed by atoms with Crippen LogP contribution in [0.5, 0.6) is 0 Å². The number of likely N-dealkylation sites (N-methyl/N-ethyl adjacent to an activating group) is 1. The molecule has 110 valence electrons. The Hall–Kier alpha value is -0.610. The van der Waals surface area contributed by atoms with Gasteiger partial charge in [0.05, 0.1) is 0 Å². The molecule has 19 heavy (non-hydrogen) atoms. The Morgan fingerprint density at radius 3 is 2.47 bits per heavy atom. The van der Waals surface area contributed by atoms with Crippen molar-refractivity contribution < 1.29 is 4.79 Å². The molecule has 2 rings (SSSR count). The van der Waals surface area contributed by atoms with E-state index in [1.807, 2.05) is 7.05 Å². The molecule has 0 aromatic rings. The second kappa shape index (κ2) is 6.23. The van der Waals surface area contributed by atoms with Crippen molar-refractivity contribution >= 4 is 5.91 Å². The van der Waals surface area contributed by atoms with Gasteiger partial charge in [-0.15, -0.1) is 0 Å². The van der Waals surface area contributed by atoms with E-state index in [1.54, 1.807) is 0 Å². The van der Waals surface area contributed by atoms with Gasteiger partial charge in [0.1, 0.15) is 6.04 Å². The molecule has 4 nitrogen and oxygen atoms in total. The summed E-state index contributed by atoms with van der Waals surface area (Å²) in [5.74, 6) is 0.190. The molecular weight excluding hydrogens is 238 g/mol. The predicted molar refractivity (Wildman–Crippen MR) is 78.1 cm³/mol. The summed E-state index contributed by atoms with van der Waals surface area (Å²) in [5.41, 5.74) is -0.104. The standard InChI is InChI=1S/C15H29N3O/c1-15(2)11-18(12-8-6-4-5-7-9-12)13(10-16-3)14(19)17-15/h12-13,16H,4-11H2,1-3H3,(H,17,19). The second-order valence-corrected chi connectivity index (χ2v) is 6.76. The van der Waals surface area contributed by atoms with Gasteiger partial charge in [0, 0.05) is 24.7 Å². The predicted octanol–water partition coefficient (Wildman–Crippen LogP) is 1.51. The highest BCUT2D eigenvalue weighted by Crippen LogP contribution is 2.27. The van der Waals surface area contributed by atoms with Crippen LogP contribution in [-0.4, -0.2) is 48.6 Å². The van der Waals surface area contributed by atoms with Gasteiger partial charge in [-0.2, -0.15) is 0 Å². The molecule has 2 aliphatic rings. The third-order valence-corrected chi connectivity index (χ3v) is 4.43. The summed E-state index contributed by atoms with van der Waals surface area (Å²) in [6, 6.07) is 0.590. The van der Waals surface area contributed by atoms with Gasteiger partial charge < -0.3 is 10.6 Å². The molecule has 0 radical (unpaired) electrons. The topological polar surface area (TPSA) is 44.4 Å². The van der Waals surface area contributed by atoms with Gasteiger partial charge in [0.2, 0.25) is 5.91 Å². The van der Waals surface area contributed by atoms with E-state index in [1.165, 1.54) is 38.5 Å². The molecule has 1 aliphatic heterocycles. The zero-order valence-corrected chi connectivity index (χ0v) is 12.7. The van der Waals surface area contributed by atoms with Gasteiger partial charge in [-0.1, -0.05) is 25.7 Å². The molecular formula is C15H29N3O. The van der Waals surface area contributed by atoms with Crippen molar-refractivity contribution in [1.29, 1.82) is 0 Å². The van der Waals surface area contributed by atoms with Crippen LogP contribution in [0.4, 0.5) is 0 Å². The van der Waals surface area contributed by atoms with Crippen molar-refractivity contribution in [3.8, 4) is 0 Å². The Morgan fingerprint density at radius 2 is 1.89 bits per heavy atom. The third kappa shape index (κ3) is 3.69. The van der Waals surface area contributed by atoms with Crippen LogP contribution in [0.3, 0.4) is 0 Å². The molecule has 4 heteroatoms. The summed E-state index contributed by atoms with van der Waals surface area (Å²) in [6.07, 6.45) is 7.85. The monoisotopic (exact) mass is 267 g/mol. The van der Waals surface area contributed by atoms with E-state index < -0.39 is 0 Å². The third-order valence-electron chi connectivity index (χ3n) is 4.43. The van der Waals surface area contributed by atoms with Crippen molar-refractivity contribution in [2.45, 2.75) is 70.0 Å². The highest BCUT2D eigenvalue weighted by molar-refractivity contribution is 5.83. The van der Waals surface area contributed by atoms with Gasteiger partial charge in [-0.25, -0.2) is 0 Å². The Morgan fingerprint density at radius 1 is 1.26 bits per heavy atom. The molecule has 0 aromatic heterocycles. The average molecular weight is 267 g/mol. The van der Waals surface area contributed by atoms with Gasteiger partial charge in [0.25, 0.3) is 0 Å². The summed E-state index contributed by atoms with van der Waals surface area (Å²) in [6.45, 7) is 5.97. The number of hydrogen-bond acceptors (Lipinski definition) is 3. The smallest absolute Gasteiger partial charge is 0.239 e. The van der Waals surface area contributed by atoms with E-state index in [0.29, 0.717) is 6.04 Å². The maximum Gasteiger partial charge on any atom is 0.239 e. The van der Waals surface area contributed by atoms with Crippen LogP contribution >= 0.6 is 0 Å². The van der Waals surface area contributed by atoms with Crippen molar-refractivity contribution in [2.75, 3.05) is 20.1 Å². The highest BCUT2D eigenvalue weighted by atomic mass is 16.2. The normalized spacial score (nSPS) is 29.8. The quantitative estimate of drug-likeness (QED) is 0.762. The molecule has 1 aliphatic carbocycles. The fourth-order valence-corrected chi connectivity index (χ4v) is 3.55. The maximum absolute atomic E-state index is 12.3. The summed E-state index contributed by atoms with van der Waals surface area (Å²) in [4.78, 5) is 14.8. The molecule has 1 saturated carbocycles. The number of carbonyl (C=O) groups excluding carboxylic acids is 1. The number of hydrogen-bond donors (Lipinski definition) is 2.